The molecule has 23 heavy (non-hydrogen) atoms. The zero-order chi connectivity index (χ0) is 17.0. The molecule has 1 atom stereocenters. The Hall–Kier alpha value is -1.75. The van der Waals surface area contributed by atoms with Crippen LogP contribution in [0.25, 0.3) is 0 Å². The number of carbonyl (C=O) groups is 1. The second-order valence-corrected chi connectivity index (χ2v) is 6.30. The molecule has 2 aromatic carbocycles. The van der Waals surface area contributed by atoms with Crippen LogP contribution >= 0.6 is 23.8 Å². The number of hydrogen-bond acceptors (Lipinski definition) is 3. The number of rotatable bonds is 5. The topological polar surface area (TPSA) is 40.5 Å². The molecule has 0 aliphatic carbocycles. The van der Waals surface area contributed by atoms with Gasteiger partial charge in [0.15, 0.2) is 0 Å². The van der Waals surface area contributed by atoms with E-state index in [0.29, 0.717) is 21.4 Å². The summed E-state index contributed by atoms with van der Waals surface area (Å²) in [5, 5.41) is 10.8. The van der Waals surface area contributed by atoms with Gasteiger partial charge in [-0.05, 0) is 42.2 Å². The summed E-state index contributed by atoms with van der Waals surface area (Å²) in [4.78, 5) is 12.9. The number of halogens is 1. The van der Waals surface area contributed by atoms with Crippen molar-refractivity contribution in [3.63, 3.8) is 0 Å². The van der Waals surface area contributed by atoms with Gasteiger partial charge >= 0.3 is 0 Å². The predicted molar refractivity (Wildman–Crippen MR) is 96.1 cm³/mol. The first-order valence-corrected chi connectivity index (χ1v) is 7.99. The van der Waals surface area contributed by atoms with Crippen molar-refractivity contribution in [3.8, 4) is 0 Å². The number of benzene rings is 2. The molecule has 0 bridgehead atoms. The van der Waals surface area contributed by atoms with E-state index in [1.165, 1.54) is 7.05 Å². The summed E-state index contributed by atoms with van der Waals surface area (Å²) in [6.45, 7) is 1.94. The molecule has 120 valence electrons. The summed E-state index contributed by atoms with van der Waals surface area (Å²) >= 11 is 11.5. The molecule has 0 radical (unpaired) electrons. The molecule has 0 saturated carbocycles. The van der Waals surface area contributed by atoms with Crippen molar-refractivity contribution in [2.75, 3.05) is 7.05 Å². The normalized spacial score (nSPS) is 11.8. The van der Waals surface area contributed by atoms with Gasteiger partial charge in [-0.2, -0.15) is 0 Å². The second-order valence-electron chi connectivity index (χ2n) is 5.42. The minimum Gasteiger partial charge on any atom is -0.286 e. The fraction of sp³-hybridized carbons (Fsp3) is 0.222. The van der Waals surface area contributed by atoms with E-state index in [4.69, 9.17) is 23.8 Å². The summed E-state index contributed by atoms with van der Waals surface area (Å²) < 4.78 is 0. The Morgan fingerprint density at radius 3 is 2.48 bits per heavy atom. The SMILES string of the molecule is Cc1cc(Cl)ccc1CC(C(=O)N(C)O)C(=S)c1ccccc1. The van der Waals surface area contributed by atoms with Gasteiger partial charge < -0.3 is 0 Å². The zero-order valence-corrected chi connectivity index (χ0v) is 14.6. The molecular formula is C18H18ClNO2S. The van der Waals surface area contributed by atoms with Crippen LogP contribution in [0.15, 0.2) is 48.5 Å². The van der Waals surface area contributed by atoms with E-state index in [1.54, 1.807) is 6.07 Å². The van der Waals surface area contributed by atoms with Crippen LogP contribution in [-0.4, -0.2) is 28.1 Å². The van der Waals surface area contributed by atoms with E-state index in [1.807, 2.05) is 49.4 Å². The Bertz CT molecular complexity index is 716. The van der Waals surface area contributed by atoms with Gasteiger partial charge in [0.05, 0.1) is 5.92 Å². The number of aryl methyl sites for hydroxylation is 1. The van der Waals surface area contributed by atoms with E-state index in [-0.39, 0.29) is 0 Å². The molecule has 0 heterocycles. The number of nitrogens with zero attached hydrogens (tertiary/aromatic N) is 1. The molecule has 0 saturated heterocycles. The Labute approximate surface area is 146 Å². The smallest absolute Gasteiger partial charge is 0.254 e. The van der Waals surface area contributed by atoms with Crippen LogP contribution < -0.4 is 0 Å². The van der Waals surface area contributed by atoms with Gasteiger partial charge in [0.2, 0.25) is 0 Å². The predicted octanol–water partition coefficient (Wildman–Crippen LogP) is 4.07. The molecule has 2 rings (SSSR count). The first-order valence-electron chi connectivity index (χ1n) is 7.21. The highest BCUT2D eigenvalue weighted by atomic mass is 35.5. The summed E-state index contributed by atoms with van der Waals surface area (Å²) in [6, 6.07) is 14.9. The van der Waals surface area contributed by atoms with Gasteiger partial charge in [-0.25, -0.2) is 5.06 Å². The number of thiocarbonyl (C=S) groups is 1. The van der Waals surface area contributed by atoms with Crippen LogP contribution in [0, 0.1) is 12.8 Å². The van der Waals surface area contributed by atoms with Crippen molar-refractivity contribution in [3.05, 3.63) is 70.2 Å². The van der Waals surface area contributed by atoms with Gasteiger partial charge in [0.25, 0.3) is 5.91 Å². The Morgan fingerprint density at radius 1 is 1.26 bits per heavy atom. The quantitative estimate of drug-likeness (QED) is 0.383. The van der Waals surface area contributed by atoms with Crippen LogP contribution in [0.3, 0.4) is 0 Å². The van der Waals surface area contributed by atoms with Gasteiger partial charge in [0, 0.05) is 16.9 Å². The lowest BCUT2D eigenvalue weighted by atomic mass is 9.90. The molecule has 0 aliphatic rings. The molecule has 1 N–H and O–H groups in total. The highest BCUT2D eigenvalue weighted by Gasteiger charge is 2.27. The molecule has 1 unspecified atom stereocenters. The number of amides is 1. The van der Waals surface area contributed by atoms with Crippen LogP contribution in [0.1, 0.15) is 16.7 Å². The molecule has 0 aromatic heterocycles. The zero-order valence-electron chi connectivity index (χ0n) is 13.0. The van der Waals surface area contributed by atoms with Crippen molar-refractivity contribution in [2.45, 2.75) is 13.3 Å². The van der Waals surface area contributed by atoms with Crippen LogP contribution in [0.4, 0.5) is 0 Å². The highest BCUT2D eigenvalue weighted by Crippen LogP contribution is 2.22. The standard InChI is InChI=1S/C18H18ClNO2S/c1-12-10-15(19)9-8-14(12)11-16(18(21)20(2)22)17(23)13-6-4-3-5-7-13/h3-10,16,22H,11H2,1-2H3. The van der Waals surface area contributed by atoms with Gasteiger partial charge in [-0.1, -0.05) is 60.2 Å². The second kappa shape index (κ2) is 7.68. The first kappa shape index (κ1) is 17.6. The van der Waals surface area contributed by atoms with E-state index in [0.717, 1.165) is 16.7 Å². The van der Waals surface area contributed by atoms with Crippen molar-refractivity contribution >= 4 is 34.6 Å². The average molecular weight is 348 g/mol. The lowest BCUT2D eigenvalue weighted by molar-refractivity contribution is -0.161. The van der Waals surface area contributed by atoms with E-state index < -0.39 is 11.8 Å². The van der Waals surface area contributed by atoms with Crippen LogP contribution in [0.2, 0.25) is 5.02 Å². The minimum absolute atomic E-state index is 0.417. The monoisotopic (exact) mass is 347 g/mol. The molecule has 2 aromatic rings. The third-order valence-electron chi connectivity index (χ3n) is 3.72. The Kier molecular flexibility index (Phi) is 5.88. The summed E-state index contributed by atoms with van der Waals surface area (Å²) in [6.07, 6.45) is 0.417. The molecule has 0 fully saturated rings. The van der Waals surface area contributed by atoms with Crippen LogP contribution in [0.5, 0.6) is 0 Å². The largest absolute Gasteiger partial charge is 0.286 e. The maximum Gasteiger partial charge on any atom is 0.254 e. The summed E-state index contributed by atoms with van der Waals surface area (Å²) in [5.41, 5.74) is 2.79. The average Bonchev–Trinajstić information content (AvgIpc) is 2.53. The van der Waals surface area contributed by atoms with Crippen molar-refractivity contribution in [1.82, 2.24) is 5.06 Å². The third kappa shape index (κ3) is 4.38. The number of hydroxylamine groups is 2. The van der Waals surface area contributed by atoms with E-state index in [2.05, 4.69) is 0 Å². The fourth-order valence-corrected chi connectivity index (χ4v) is 2.98. The summed E-state index contributed by atoms with van der Waals surface area (Å²) in [5.74, 6) is -1.03. The fourth-order valence-electron chi connectivity index (χ4n) is 2.43. The highest BCUT2D eigenvalue weighted by molar-refractivity contribution is 7.81. The lowest BCUT2D eigenvalue weighted by Crippen LogP contribution is -2.36. The van der Waals surface area contributed by atoms with E-state index in [9.17, 15) is 10.0 Å². The Balaban J connectivity index is 2.35. The molecule has 0 aliphatic heterocycles. The number of hydrogen-bond donors (Lipinski definition) is 1. The molecular weight excluding hydrogens is 330 g/mol. The lowest BCUT2D eigenvalue weighted by Gasteiger charge is -2.21. The third-order valence-corrected chi connectivity index (χ3v) is 4.48. The van der Waals surface area contributed by atoms with Crippen molar-refractivity contribution in [2.24, 2.45) is 5.92 Å². The van der Waals surface area contributed by atoms with Crippen molar-refractivity contribution < 1.29 is 10.0 Å². The van der Waals surface area contributed by atoms with Crippen LogP contribution in [-0.2, 0) is 11.2 Å². The van der Waals surface area contributed by atoms with Gasteiger partial charge in [0.1, 0.15) is 0 Å². The molecule has 3 nitrogen and oxygen atoms in total. The molecule has 5 heteroatoms. The molecule has 0 spiro atoms. The Morgan fingerprint density at radius 2 is 1.91 bits per heavy atom. The van der Waals surface area contributed by atoms with Gasteiger partial charge in [-0.15, -0.1) is 0 Å². The maximum atomic E-state index is 12.4. The maximum absolute atomic E-state index is 12.4. The van der Waals surface area contributed by atoms with E-state index >= 15 is 0 Å². The van der Waals surface area contributed by atoms with Crippen molar-refractivity contribution in [1.29, 1.82) is 0 Å². The van der Waals surface area contributed by atoms with Gasteiger partial charge in [-0.3, -0.25) is 10.0 Å². The molecule has 1 amide bonds. The summed E-state index contributed by atoms with van der Waals surface area (Å²) in [7, 11) is 1.32. The number of carbonyl (C=O) groups excluding carboxylic acids is 1. The first-order chi connectivity index (χ1) is 10.9. The minimum atomic E-state index is -0.609.